The molecular formula is C13H15F3N2O2S. The third kappa shape index (κ3) is 2.56. The minimum Gasteiger partial charge on any atom is -0.315 e. The number of benzene rings is 1. The summed E-state index contributed by atoms with van der Waals surface area (Å²) in [7, 11) is -5.25. The van der Waals surface area contributed by atoms with Crippen molar-refractivity contribution >= 4 is 9.84 Å². The van der Waals surface area contributed by atoms with E-state index in [1.807, 2.05) is 0 Å². The molecule has 0 radical (unpaired) electrons. The first-order valence-corrected chi connectivity index (χ1v) is 8.04. The smallest absolute Gasteiger partial charge is 0.315 e. The van der Waals surface area contributed by atoms with Gasteiger partial charge in [-0.15, -0.1) is 0 Å². The van der Waals surface area contributed by atoms with Crippen LogP contribution in [-0.2, 0) is 16.4 Å². The molecule has 2 heterocycles. The average molecular weight is 320 g/mol. The molecule has 2 aliphatic heterocycles. The number of nitrogens with zero attached hydrogens (tertiary/aromatic N) is 1. The van der Waals surface area contributed by atoms with Gasteiger partial charge in [0.25, 0.3) is 9.84 Å². The Morgan fingerprint density at radius 1 is 1.14 bits per heavy atom. The number of sulfone groups is 1. The molecule has 0 amide bonds. The normalized spacial score (nSPS) is 21.9. The zero-order valence-electron chi connectivity index (χ0n) is 11.2. The van der Waals surface area contributed by atoms with Crippen LogP contribution in [0.15, 0.2) is 29.2 Å². The van der Waals surface area contributed by atoms with E-state index in [1.165, 1.54) is 12.1 Å². The summed E-state index contributed by atoms with van der Waals surface area (Å²) in [6, 6.07) is 4.95. The van der Waals surface area contributed by atoms with Crippen molar-refractivity contribution in [2.75, 3.05) is 26.2 Å². The Morgan fingerprint density at radius 2 is 1.71 bits per heavy atom. The third-order valence-corrected chi connectivity index (χ3v) is 5.56. The molecule has 8 heteroatoms. The maximum Gasteiger partial charge on any atom is 0.501 e. The van der Waals surface area contributed by atoms with Crippen molar-refractivity contribution in [1.82, 2.24) is 10.2 Å². The molecule has 1 aromatic carbocycles. The lowest BCUT2D eigenvalue weighted by atomic mass is 9.74. The number of halogens is 3. The molecule has 0 aromatic heterocycles. The maximum absolute atomic E-state index is 12.4. The van der Waals surface area contributed by atoms with E-state index >= 15 is 0 Å². The first-order chi connectivity index (χ1) is 9.72. The van der Waals surface area contributed by atoms with Crippen LogP contribution in [0.1, 0.15) is 5.56 Å². The Bertz CT molecular complexity index is 628. The predicted molar refractivity (Wildman–Crippen MR) is 70.3 cm³/mol. The molecule has 0 atom stereocenters. The zero-order chi connectivity index (χ0) is 15.3. The van der Waals surface area contributed by atoms with Crippen molar-refractivity contribution < 1.29 is 21.6 Å². The SMILES string of the molecule is O=S(=O)(c1ccc(CN2CC3(CNC3)C2)cc1)C(F)(F)F. The monoisotopic (exact) mass is 320 g/mol. The van der Waals surface area contributed by atoms with E-state index in [-0.39, 0.29) is 0 Å². The average Bonchev–Trinajstić information content (AvgIpc) is 2.30. The quantitative estimate of drug-likeness (QED) is 0.914. The van der Waals surface area contributed by atoms with E-state index in [4.69, 9.17) is 0 Å². The topological polar surface area (TPSA) is 49.4 Å². The van der Waals surface area contributed by atoms with Crippen LogP contribution in [-0.4, -0.2) is 45.0 Å². The summed E-state index contributed by atoms with van der Waals surface area (Å²) in [6.45, 7) is 4.62. The van der Waals surface area contributed by atoms with E-state index in [2.05, 4.69) is 10.2 Å². The minimum atomic E-state index is -5.25. The maximum atomic E-state index is 12.4. The van der Waals surface area contributed by atoms with Crippen LogP contribution in [0.25, 0.3) is 0 Å². The summed E-state index contributed by atoms with van der Waals surface area (Å²) in [4.78, 5) is 1.50. The lowest BCUT2D eigenvalue weighted by Crippen LogP contribution is -2.70. The first kappa shape index (κ1) is 14.8. The molecule has 0 unspecified atom stereocenters. The van der Waals surface area contributed by atoms with E-state index in [1.54, 1.807) is 0 Å². The van der Waals surface area contributed by atoms with Crippen LogP contribution in [0.2, 0.25) is 0 Å². The van der Waals surface area contributed by atoms with Gasteiger partial charge in [-0.1, -0.05) is 12.1 Å². The van der Waals surface area contributed by atoms with E-state index in [9.17, 15) is 21.6 Å². The van der Waals surface area contributed by atoms with Gasteiger partial charge in [0.05, 0.1) is 4.90 Å². The van der Waals surface area contributed by atoms with Crippen molar-refractivity contribution in [3.63, 3.8) is 0 Å². The van der Waals surface area contributed by atoms with Crippen molar-refractivity contribution in [3.8, 4) is 0 Å². The Morgan fingerprint density at radius 3 is 2.14 bits per heavy atom. The van der Waals surface area contributed by atoms with Gasteiger partial charge in [0.2, 0.25) is 0 Å². The standard InChI is InChI=1S/C13H15F3N2O2S/c14-13(15,16)21(19,20)11-3-1-10(2-4-11)5-18-8-12(9-18)6-17-7-12/h1-4,17H,5-9H2. The molecule has 21 heavy (non-hydrogen) atoms. The molecule has 0 saturated carbocycles. The molecule has 4 nitrogen and oxygen atoms in total. The van der Waals surface area contributed by atoms with Crippen LogP contribution in [0.5, 0.6) is 0 Å². The lowest BCUT2D eigenvalue weighted by molar-refractivity contribution is -0.0446. The fraction of sp³-hybridized carbons (Fsp3) is 0.538. The summed E-state index contributed by atoms with van der Waals surface area (Å²) < 4.78 is 59.8. The second-order valence-corrected chi connectivity index (χ2v) is 7.78. The van der Waals surface area contributed by atoms with E-state index < -0.39 is 20.2 Å². The predicted octanol–water partition coefficient (Wildman–Crippen LogP) is 1.39. The first-order valence-electron chi connectivity index (χ1n) is 6.55. The molecule has 1 aromatic rings. The number of likely N-dealkylation sites (tertiary alicyclic amines) is 1. The number of alkyl halides is 3. The molecule has 0 aliphatic carbocycles. The molecule has 2 saturated heterocycles. The molecule has 3 rings (SSSR count). The van der Waals surface area contributed by atoms with Crippen LogP contribution < -0.4 is 5.32 Å². The number of hydrogen-bond donors (Lipinski definition) is 1. The van der Waals surface area contributed by atoms with Gasteiger partial charge in [-0.3, -0.25) is 4.90 Å². The Balaban J connectivity index is 1.65. The van der Waals surface area contributed by atoms with Gasteiger partial charge < -0.3 is 5.32 Å². The van der Waals surface area contributed by atoms with Gasteiger partial charge >= 0.3 is 5.51 Å². The molecule has 1 spiro atoms. The van der Waals surface area contributed by atoms with Gasteiger partial charge in [-0.25, -0.2) is 8.42 Å². The molecule has 1 N–H and O–H groups in total. The Hall–Kier alpha value is -1.12. The van der Waals surface area contributed by atoms with E-state index in [0.29, 0.717) is 12.0 Å². The van der Waals surface area contributed by atoms with Crippen LogP contribution in [0, 0.1) is 5.41 Å². The minimum absolute atomic E-state index is 0.388. The Labute approximate surface area is 120 Å². The summed E-state index contributed by atoms with van der Waals surface area (Å²) >= 11 is 0. The summed E-state index contributed by atoms with van der Waals surface area (Å²) in [5.74, 6) is 0. The fourth-order valence-electron chi connectivity index (χ4n) is 2.88. The lowest BCUT2D eigenvalue weighted by Gasteiger charge is -2.56. The van der Waals surface area contributed by atoms with Crippen LogP contribution >= 0.6 is 0 Å². The molecule has 116 valence electrons. The van der Waals surface area contributed by atoms with Crippen molar-refractivity contribution in [2.24, 2.45) is 5.41 Å². The van der Waals surface area contributed by atoms with Gasteiger partial charge in [-0.2, -0.15) is 13.2 Å². The second kappa shape index (κ2) is 4.69. The van der Waals surface area contributed by atoms with Gasteiger partial charge in [-0.05, 0) is 17.7 Å². The second-order valence-electron chi connectivity index (χ2n) is 5.84. The molecule has 2 fully saturated rings. The fourth-order valence-corrected chi connectivity index (χ4v) is 3.64. The highest BCUT2D eigenvalue weighted by Crippen LogP contribution is 2.35. The number of hydrogen-bond acceptors (Lipinski definition) is 4. The molecule has 2 aliphatic rings. The zero-order valence-corrected chi connectivity index (χ0v) is 12.0. The highest BCUT2D eigenvalue weighted by Gasteiger charge is 2.48. The number of rotatable bonds is 3. The summed E-state index contributed by atoms with van der Waals surface area (Å²) in [5, 5.41) is 3.23. The largest absolute Gasteiger partial charge is 0.501 e. The summed E-state index contributed by atoms with van der Waals surface area (Å²) in [6.07, 6.45) is 0. The van der Waals surface area contributed by atoms with Crippen molar-refractivity contribution in [3.05, 3.63) is 29.8 Å². The molecular weight excluding hydrogens is 305 g/mol. The van der Waals surface area contributed by atoms with Crippen molar-refractivity contribution in [1.29, 1.82) is 0 Å². The van der Waals surface area contributed by atoms with E-state index in [0.717, 1.165) is 43.9 Å². The van der Waals surface area contributed by atoms with Gasteiger partial charge in [0.1, 0.15) is 0 Å². The van der Waals surface area contributed by atoms with Crippen LogP contribution in [0.3, 0.4) is 0 Å². The Kier molecular flexibility index (Phi) is 3.30. The van der Waals surface area contributed by atoms with Crippen molar-refractivity contribution in [2.45, 2.75) is 16.9 Å². The highest BCUT2D eigenvalue weighted by molar-refractivity contribution is 7.92. The summed E-state index contributed by atoms with van der Waals surface area (Å²) in [5.41, 5.74) is -4.05. The third-order valence-electron chi connectivity index (χ3n) is 4.06. The van der Waals surface area contributed by atoms with Gasteiger partial charge in [0.15, 0.2) is 0 Å². The number of nitrogens with one attached hydrogen (secondary N) is 1. The molecule has 0 bridgehead atoms. The highest BCUT2D eigenvalue weighted by atomic mass is 32.2. The van der Waals surface area contributed by atoms with Crippen LogP contribution in [0.4, 0.5) is 13.2 Å². The van der Waals surface area contributed by atoms with Gasteiger partial charge in [0, 0.05) is 38.1 Å².